The van der Waals surface area contributed by atoms with Crippen molar-refractivity contribution in [2.24, 2.45) is 5.41 Å². The van der Waals surface area contributed by atoms with Crippen molar-refractivity contribution in [1.82, 2.24) is 4.31 Å². The van der Waals surface area contributed by atoms with Crippen molar-refractivity contribution >= 4 is 16.0 Å². The predicted molar refractivity (Wildman–Crippen MR) is 62.6 cm³/mol. The number of hydrogen-bond donors (Lipinski definition) is 1. The first-order valence-electron chi connectivity index (χ1n) is 5.82. The van der Waals surface area contributed by atoms with Crippen LogP contribution in [0.1, 0.15) is 13.3 Å². The Kier molecular flexibility index (Phi) is 5.03. The lowest BCUT2D eigenvalue weighted by atomic mass is 9.90. The van der Waals surface area contributed by atoms with Gasteiger partial charge in [-0.2, -0.15) is 13.2 Å². The molecule has 1 fully saturated rings. The SMILES string of the molecule is CC1(C(=O)O)CCN(S(=O)(=O)CCOCC(F)(F)F)C1. The maximum Gasteiger partial charge on any atom is 0.411 e. The van der Waals surface area contributed by atoms with Crippen LogP contribution in [0.3, 0.4) is 0 Å². The molecule has 0 saturated carbocycles. The number of carboxylic acids is 1. The second-order valence-electron chi connectivity index (χ2n) is 4.93. The lowest BCUT2D eigenvalue weighted by molar-refractivity contribution is -0.172. The molecule has 1 N–H and O–H groups in total. The van der Waals surface area contributed by atoms with Gasteiger partial charge in [-0.1, -0.05) is 0 Å². The quantitative estimate of drug-likeness (QED) is 0.728. The van der Waals surface area contributed by atoms with Gasteiger partial charge in [0, 0.05) is 13.1 Å². The highest BCUT2D eigenvalue weighted by molar-refractivity contribution is 7.89. The highest BCUT2D eigenvalue weighted by Gasteiger charge is 2.44. The molecular formula is C10H16F3NO5S. The summed E-state index contributed by atoms with van der Waals surface area (Å²) in [6, 6.07) is 0. The summed E-state index contributed by atoms with van der Waals surface area (Å²) < 4.78 is 64.4. The number of alkyl halides is 3. The fourth-order valence-electron chi connectivity index (χ4n) is 1.81. The Balaban J connectivity index is 2.49. The number of ether oxygens (including phenoxy) is 1. The summed E-state index contributed by atoms with van der Waals surface area (Å²) in [6.07, 6.45) is -4.33. The molecule has 0 aromatic heterocycles. The first-order valence-corrected chi connectivity index (χ1v) is 7.43. The third-order valence-electron chi connectivity index (χ3n) is 3.10. The first-order chi connectivity index (χ1) is 8.96. The van der Waals surface area contributed by atoms with Crippen LogP contribution in [0.4, 0.5) is 13.2 Å². The maximum atomic E-state index is 11.8. The third kappa shape index (κ3) is 4.60. The lowest BCUT2D eigenvalue weighted by Crippen LogP contribution is -2.37. The zero-order chi connectivity index (χ0) is 15.6. The summed E-state index contributed by atoms with van der Waals surface area (Å²) in [5.74, 6) is -1.69. The predicted octanol–water partition coefficient (Wildman–Crippen LogP) is 0.692. The second-order valence-corrected chi connectivity index (χ2v) is 7.02. The molecule has 0 aromatic rings. The molecule has 0 amide bonds. The van der Waals surface area contributed by atoms with Gasteiger partial charge in [-0.05, 0) is 13.3 Å². The minimum Gasteiger partial charge on any atom is -0.481 e. The Morgan fingerprint density at radius 2 is 2.05 bits per heavy atom. The average molecular weight is 319 g/mol. The Hall–Kier alpha value is -0.870. The number of halogens is 3. The minimum atomic E-state index is -4.50. The average Bonchev–Trinajstić information content (AvgIpc) is 2.68. The van der Waals surface area contributed by atoms with Crippen LogP contribution >= 0.6 is 0 Å². The molecule has 0 radical (unpaired) electrons. The van der Waals surface area contributed by atoms with Gasteiger partial charge < -0.3 is 9.84 Å². The Morgan fingerprint density at radius 3 is 2.50 bits per heavy atom. The number of hydrogen-bond acceptors (Lipinski definition) is 4. The van der Waals surface area contributed by atoms with E-state index < -0.39 is 46.6 Å². The van der Waals surface area contributed by atoms with Crippen molar-refractivity contribution in [2.45, 2.75) is 19.5 Å². The van der Waals surface area contributed by atoms with Crippen LogP contribution in [-0.4, -0.2) is 62.0 Å². The minimum absolute atomic E-state index is 0.0460. The third-order valence-corrected chi connectivity index (χ3v) is 4.88. The van der Waals surface area contributed by atoms with Gasteiger partial charge in [0.25, 0.3) is 0 Å². The van der Waals surface area contributed by atoms with Gasteiger partial charge in [0.15, 0.2) is 0 Å². The smallest absolute Gasteiger partial charge is 0.411 e. The van der Waals surface area contributed by atoms with Crippen molar-refractivity contribution in [2.75, 3.05) is 32.1 Å². The molecule has 1 aliphatic heterocycles. The maximum absolute atomic E-state index is 11.8. The molecule has 1 atom stereocenters. The zero-order valence-corrected chi connectivity index (χ0v) is 11.6. The molecular weight excluding hydrogens is 303 g/mol. The largest absolute Gasteiger partial charge is 0.481 e. The van der Waals surface area contributed by atoms with Crippen molar-refractivity contribution in [3.8, 4) is 0 Å². The van der Waals surface area contributed by atoms with Crippen LogP contribution in [0.15, 0.2) is 0 Å². The standard InChI is InChI=1S/C10H16F3NO5S/c1-9(8(15)16)2-3-14(6-9)20(17,18)5-4-19-7-10(11,12)13/h2-7H2,1H3,(H,15,16). The van der Waals surface area contributed by atoms with Crippen molar-refractivity contribution < 1.29 is 36.2 Å². The van der Waals surface area contributed by atoms with E-state index >= 15 is 0 Å². The van der Waals surface area contributed by atoms with E-state index in [9.17, 15) is 26.4 Å². The van der Waals surface area contributed by atoms with Crippen LogP contribution in [-0.2, 0) is 19.6 Å². The van der Waals surface area contributed by atoms with E-state index in [1.54, 1.807) is 0 Å². The van der Waals surface area contributed by atoms with Gasteiger partial charge in [-0.25, -0.2) is 12.7 Å². The van der Waals surface area contributed by atoms with Crippen LogP contribution in [0, 0.1) is 5.41 Å². The van der Waals surface area contributed by atoms with Crippen molar-refractivity contribution in [3.05, 3.63) is 0 Å². The summed E-state index contributed by atoms with van der Waals surface area (Å²) in [6.45, 7) is -0.781. The van der Waals surface area contributed by atoms with Crippen LogP contribution in [0.2, 0.25) is 0 Å². The van der Waals surface area contributed by atoms with Gasteiger partial charge in [-0.3, -0.25) is 4.79 Å². The number of carboxylic acid groups (broad SMARTS) is 1. The molecule has 1 unspecified atom stereocenters. The lowest BCUT2D eigenvalue weighted by Gasteiger charge is -2.20. The summed E-state index contributed by atoms with van der Waals surface area (Å²) in [7, 11) is -3.80. The Bertz CT molecular complexity index is 464. The molecule has 0 aromatic carbocycles. The van der Waals surface area contributed by atoms with Gasteiger partial charge in [0.2, 0.25) is 10.0 Å². The van der Waals surface area contributed by atoms with Gasteiger partial charge >= 0.3 is 12.1 Å². The summed E-state index contributed by atoms with van der Waals surface area (Å²) in [5, 5.41) is 8.99. The fraction of sp³-hybridized carbons (Fsp3) is 0.900. The van der Waals surface area contributed by atoms with E-state index in [1.165, 1.54) is 6.92 Å². The monoisotopic (exact) mass is 319 g/mol. The van der Waals surface area contributed by atoms with Gasteiger partial charge in [0.05, 0.1) is 17.8 Å². The molecule has 0 spiro atoms. The van der Waals surface area contributed by atoms with Crippen LogP contribution < -0.4 is 0 Å². The normalized spacial score (nSPS) is 25.0. The number of carbonyl (C=O) groups is 1. The van der Waals surface area contributed by atoms with E-state index in [2.05, 4.69) is 4.74 Å². The van der Waals surface area contributed by atoms with E-state index in [4.69, 9.17) is 5.11 Å². The second kappa shape index (κ2) is 5.86. The number of rotatable bonds is 6. The Labute approximate surface area is 114 Å². The highest BCUT2D eigenvalue weighted by atomic mass is 32.2. The molecule has 20 heavy (non-hydrogen) atoms. The summed E-state index contributed by atoms with van der Waals surface area (Å²) >= 11 is 0. The fourth-order valence-corrected chi connectivity index (χ4v) is 3.25. The molecule has 1 heterocycles. The number of nitrogens with zero attached hydrogens (tertiary/aromatic N) is 1. The molecule has 1 aliphatic rings. The molecule has 1 rings (SSSR count). The number of sulfonamides is 1. The van der Waals surface area contributed by atoms with Crippen molar-refractivity contribution in [3.63, 3.8) is 0 Å². The molecule has 118 valence electrons. The van der Waals surface area contributed by atoms with Crippen LogP contribution in [0.5, 0.6) is 0 Å². The summed E-state index contributed by atoms with van der Waals surface area (Å²) in [5.41, 5.74) is -1.15. The molecule has 1 saturated heterocycles. The van der Waals surface area contributed by atoms with Gasteiger partial charge in [0.1, 0.15) is 6.61 Å². The van der Waals surface area contributed by atoms with Gasteiger partial charge in [-0.15, -0.1) is 0 Å². The van der Waals surface area contributed by atoms with E-state index in [0.29, 0.717) is 0 Å². The van der Waals surface area contributed by atoms with E-state index in [-0.39, 0.29) is 19.5 Å². The molecule has 10 heteroatoms. The first kappa shape index (κ1) is 17.2. The van der Waals surface area contributed by atoms with Crippen LogP contribution in [0.25, 0.3) is 0 Å². The highest BCUT2D eigenvalue weighted by Crippen LogP contribution is 2.31. The molecule has 0 aliphatic carbocycles. The molecule has 0 bridgehead atoms. The summed E-state index contributed by atoms with van der Waals surface area (Å²) in [4.78, 5) is 11.0. The van der Waals surface area contributed by atoms with E-state index in [1.807, 2.05) is 0 Å². The molecule has 6 nitrogen and oxygen atoms in total. The van der Waals surface area contributed by atoms with E-state index in [0.717, 1.165) is 4.31 Å². The van der Waals surface area contributed by atoms with Crippen molar-refractivity contribution in [1.29, 1.82) is 0 Å². The number of aliphatic carboxylic acids is 1. The Morgan fingerprint density at radius 1 is 1.45 bits per heavy atom. The zero-order valence-electron chi connectivity index (χ0n) is 10.8. The topological polar surface area (TPSA) is 83.9 Å².